The minimum atomic E-state index is 0.0257. The molecule has 1 aliphatic rings. The standard InChI is InChI=1S/C24H21N7O/c1-25-23-21-14-26-22(30-24(32)18-8-9-18)12-20(21)19(13-27-23)7-6-16-2-4-17(5-3-16)15-31-28-10-11-29-31/h2-5,10-14,18H,8-9,15H2,1H3,(H,25,27)(H,26,30,32). The second-order valence-electron chi connectivity index (χ2n) is 7.66. The van der Waals surface area contributed by atoms with Crippen molar-refractivity contribution in [3.05, 3.63) is 71.8 Å². The minimum Gasteiger partial charge on any atom is -0.373 e. The molecule has 8 nitrogen and oxygen atoms in total. The Labute approximate surface area is 185 Å². The van der Waals surface area contributed by atoms with E-state index in [-0.39, 0.29) is 11.8 Å². The highest BCUT2D eigenvalue weighted by atomic mass is 16.2. The lowest BCUT2D eigenvalue weighted by atomic mass is 10.1. The predicted molar refractivity (Wildman–Crippen MR) is 122 cm³/mol. The molecule has 1 saturated carbocycles. The van der Waals surface area contributed by atoms with Crippen molar-refractivity contribution in [2.24, 2.45) is 5.92 Å². The lowest BCUT2D eigenvalue weighted by Crippen LogP contribution is -2.14. The summed E-state index contributed by atoms with van der Waals surface area (Å²) in [4.78, 5) is 22.6. The smallest absolute Gasteiger partial charge is 0.228 e. The number of benzene rings is 1. The van der Waals surface area contributed by atoms with Crippen LogP contribution in [0.5, 0.6) is 0 Å². The second kappa shape index (κ2) is 8.47. The molecule has 1 aromatic carbocycles. The third-order valence-electron chi connectivity index (χ3n) is 5.29. The molecular formula is C24H21N7O. The van der Waals surface area contributed by atoms with Crippen molar-refractivity contribution in [1.82, 2.24) is 25.0 Å². The summed E-state index contributed by atoms with van der Waals surface area (Å²) in [7, 11) is 1.82. The largest absolute Gasteiger partial charge is 0.373 e. The number of fused-ring (bicyclic) bond motifs is 1. The van der Waals surface area contributed by atoms with Crippen LogP contribution in [-0.2, 0) is 11.3 Å². The van der Waals surface area contributed by atoms with Crippen LogP contribution in [0.2, 0.25) is 0 Å². The SMILES string of the molecule is CNc1ncc(C#Cc2ccc(Cn3nccn3)cc2)c2cc(NC(=O)C3CC3)ncc12. The Morgan fingerprint density at radius 3 is 2.56 bits per heavy atom. The molecule has 8 heteroatoms. The van der Waals surface area contributed by atoms with Gasteiger partial charge < -0.3 is 10.6 Å². The van der Waals surface area contributed by atoms with Gasteiger partial charge in [-0.2, -0.15) is 15.0 Å². The summed E-state index contributed by atoms with van der Waals surface area (Å²) >= 11 is 0. The van der Waals surface area contributed by atoms with Crippen molar-refractivity contribution in [3.63, 3.8) is 0 Å². The lowest BCUT2D eigenvalue weighted by molar-refractivity contribution is -0.117. The van der Waals surface area contributed by atoms with E-state index in [1.807, 2.05) is 37.4 Å². The number of pyridine rings is 2. The van der Waals surface area contributed by atoms with E-state index >= 15 is 0 Å². The average molecular weight is 423 g/mol. The first-order valence-electron chi connectivity index (χ1n) is 10.4. The van der Waals surface area contributed by atoms with E-state index in [0.717, 1.165) is 46.1 Å². The third-order valence-corrected chi connectivity index (χ3v) is 5.29. The maximum Gasteiger partial charge on any atom is 0.228 e. The summed E-state index contributed by atoms with van der Waals surface area (Å²) in [5, 5.41) is 16.0. The van der Waals surface area contributed by atoms with Gasteiger partial charge in [-0.25, -0.2) is 9.97 Å². The summed E-state index contributed by atoms with van der Waals surface area (Å²) < 4.78 is 0. The van der Waals surface area contributed by atoms with Crippen LogP contribution in [0.3, 0.4) is 0 Å². The maximum atomic E-state index is 12.1. The van der Waals surface area contributed by atoms with Gasteiger partial charge in [0.25, 0.3) is 0 Å². The van der Waals surface area contributed by atoms with Crippen molar-refractivity contribution < 1.29 is 4.79 Å². The first-order valence-corrected chi connectivity index (χ1v) is 10.4. The lowest BCUT2D eigenvalue weighted by Gasteiger charge is -2.09. The van der Waals surface area contributed by atoms with E-state index in [0.29, 0.717) is 12.4 Å². The molecule has 2 N–H and O–H groups in total. The molecule has 0 saturated heterocycles. The van der Waals surface area contributed by atoms with Gasteiger partial charge in [0, 0.05) is 41.7 Å². The van der Waals surface area contributed by atoms with Crippen molar-refractivity contribution in [2.75, 3.05) is 17.7 Å². The van der Waals surface area contributed by atoms with Crippen molar-refractivity contribution in [1.29, 1.82) is 0 Å². The molecule has 32 heavy (non-hydrogen) atoms. The average Bonchev–Trinajstić information content (AvgIpc) is 3.55. The highest BCUT2D eigenvalue weighted by molar-refractivity contribution is 5.99. The highest BCUT2D eigenvalue weighted by Crippen LogP contribution is 2.31. The predicted octanol–water partition coefficient (Wildman–Crippen LogP) is 3.06. The molecule has 3 aromatic heterocycles. The topological polar surface area (TPSA) is 97.6 Å². The highest BCUT2D eigenvalue weighted by Gasteiger charge is 2.29. The number of amides is 1. The molecule has 0 atom stereocenters. The molecule has 0 spiro atoms. The molecule has 3 heterocycles. The second-order valence-corrected chi connectivity index (χ2v) is 7.66. The van der Waals surface area contributed by atoms with Crippen LogP contribution < -0.4 is 10.6 Å². The van der Waals surface area contributed by atoms with Gasteiger partial charge in [-0.05, 0) is 36.6 Å². The fourth-order valence-corrected chi connectivity index (χ4v) is 3.40. The number of aromatic nitrogens is 5. The Kier molecular flexibility index (Phi) is 5.22. The maximum absolute atomic E-state index is 12.1. The van der Waals surface area contributed by atoms with Gasteiger partial charge in [-0.3, -0.25) is 4.79 Å². The Bertz CT molecular complexity index is 1330. The van der Waals surface area contributed by atoms with Gasteiger partial charge in [0.2, 0.25) is 5.91 Å². The molecule has 0 radical (unpaired) electrons. The van der Waals surface area contributed by atoms with Crippen LogP contribution in [0.15, 0.2) is 55.1 Å². The van der Waals surface area contributed by atoms with Crippen LogP contribution >= 0.6 is 0 Å². The van der Waals surface area contributed by atoms with Gasteiger partial charge in [0.15, 0.2) is 0 Å². The molecule has 1 amide bonds. The zero-order valence-electron chi connectivity index (χ0n) is 17.5. The summed E-state index contributed by atoms with van der Waals surface area (Å²) in [6.07, 6.45) is 8.68. The van der Waals surface area contributed by atoms with Crippen molar-refractivity contribution in [3.8, 4) is 11.8 Å². The minimum absolute atomic E-state index is 0.0257. The Hall–Kier alpha value is -4.25. The number of carbonyl (C=O) groups excluding carboxylic acids is 1. The van der Waals surface area contributed by atoms with Gasteiger partial charge in [0.1, 0.15) is 11.6 Å². The van der Waals surface area contributed by atoms with Gasteiger partial charge in [-0.1, -0.05) is 24.0 Å². The molecule has 5 rings (SSSR count). The fraction of sp³-hybridized carbons (Fsp3) is 0.208. The molecule has 4 aromatic rings. The van der Waals surface area contributed by atoms with Crippen LogP contribution in [-0.4, -0.2) is 37.9 Å². The summed E-state index contributed by atoms with van der Waals surface area (Å²) in [5.41, 5.74) is 2.76. The van der Waals surface area contributed by atoms with Gasteiger partial charge >= 0.3 is 0 Å². The third kappa shape index (κ3) is 4.27. The molecule has 1 aliphatic carbocycles. The van der Waals surface area contributed by atoms with E-state index in [1.165, 1.54) is 0 Å². The van der Waals surface area contributed by atoms with E-state index in [1.54, 1.807) is 29.6 Å². The molecule has 0 bridgehead atoms. The Balaban J connectivity index is 1.43. The van der Waals surface area contributed by atoms with E-state index in [4.69, 9.17) is 0 Å². The first kappa shape index (κ1) is 19.7. The zero-order chi connectivity index (χ0) is 21.9. The number of anilines is 2. The van der Waals surface area contributed by atoms with Crippen molar-refractivity contribution in [2.45, 2.75) is 19.4 Å². The molecule has 0 unspecified atom stereocenters. The number of carbonyl (C=O) groups is 1. The zero-order valence-corrected chi connectivity index (χ0v) is 17.5. The number of hydrogen-bond donors (Lipinski definition) is 2. The van der Waals surface area contributed by atoms with Crippen molar-refractivity contribution >= 4 is 28.3 Å². The number of hydrogen-bond acceptors (Lipinski definition) is 6. The number of nitrogens with one attached hydrogen (secondary N) is 2. The first-order chi connectivity index (χ1) is 15.7. The number of rotatable bonds is 5. The molecular weight excluding hydrogens is 402 g/mol. The molecule has 1 fully saturated rings. The Morgan fingerprint density at radius 1 is 1.06 bits per heavy atom. The quantitative estimate of drug-likeness (QED) is 0.479. The van der Waals surface area contributed by atoms with E-state index < -0.39 is 0 Å². The Morgan fingerprint density at radius 2 is 1.84 bits per heavy atom. The molecule has 0 aliphatic heterocycles. The normalized spacial score (nSPS) is 12.8. The summed E-state index contributed by atoms with van der Waals surface area (Å²) in [6, 6.07) is 9.85. The van der Waals surface area contributed by atoms with Gasteiger partial charge in [0.05, 0.1) is 24.5 Å². The van der Waals surface area contributed by atoms with E-state index in [2.05, 4.69) is 42.6 Å². The summed E-state index contributed by atoms with van der Waals surface area (Å²) in [5.74, 6) is 7.82. The monoisotopic (exact) mass is 423 g/mol. The molecule has 158 valence electrons. The van der Waals surface area contributed by atoms with Crippen LogP contribution in [0.25, 0.3) is 10.8 Å². The van der Waals surface area contributed by atoms with E-state index in [9.17, 15) is 4.79 Å². The van der Waals surface area contributed by atoms with Crippen LogP contribution in [0.1, 0.15) is 29.5 Å². The van der Waals surface area contributed by atoms with Crippen LogP contribution in [0, 0.1) is 17.8 Å². The summed E-state index contributed by atoms with van der Waals surface area (Å²) in [6.45, 7) is 0.614. The number of nitrogens with zero attached hydrogens (tertiary/aromatic N) is 5. The fourth-order valence-electron chi connectivity index (χ4n) is 3.40. The van der Waals surface area contributed by atoms with Crippen LogP contribution in [0.4, 0.5) is 11.6 Å². The van der Waals surface area contributed by atoms with Gasteiger partial charge in [-0.15, -0.1) is 0 Å².